The van der Waals surface area contributed by atoms with Gasteiger partial charge in [-0.05, 0) is 26.0 Å². The molecule has 0 radical (unpaired) electrons. The summed E-state index contributed by atoms with van der Waals surface area (Å²) in [5.41, 5.74) is 1.91. The molecule has 4 heterocycles. The summed E-state index contributed by atoms with van der Waals surface area (Å²) >= 11 is 0. The second-order valence-corrected chi connectivity index (χ2v) is 7.33. The Hall–Kier alpha value is -3.27. The zero-order valence-electron chi connectivity index (χ0n) is 16.3. The van der Waals surface area contributed by atoms with Gasteiger partial charge in [-0.3, -0.25) is 14.5 Å². The molecule has 29 heavy (non-hydrogen) atoms. The van der Waals surface area contributed by atoms with E-state index in [0.29, 0.717) is 48.4 Å². The first-order chi connectivity index (χ1) is 13.8. The molecule has 0 aliphatic carbocycles. The highest BCUT2D eigenvalue weighted by Crippen LogP contribution is 2.25. The first-order valence-corrected chi connectivity index (χ1v) is 9.10. The van der Waals surface area contributed by atoms with Gasteiger partial charge >= 0.3 is 0 Å². The number of pyridine rings is 1. The number of halogens is 1. The molecule has 0 aromatic carbocycles. The molecule has 1 amide bonds. The van der Waals surface area contributed by atoms with E-state index in [1.807, 2.05) is 6.92 Å². The van der Waals surface area contributed by atoms with Crippen LogP contribution < -0.4 is 10.6 Å². The fraction of sp³-hybridized carbons (Fsp3) is 0.368. The predicted octanol–water partition coefficient (Wildman–Crippen LogP) is 2.05. The van der Waals surface area contributed by atoms with E-state index < -0.39 is 5.82 Å². The lowest BCUT2D eigenvalue weighted by Gasteiger charge is -2.38. The van der Waals surface area contributed by atoms with Crippen molar-refractivity contribution >= 4 is 11.7 Å². The molecule has 0 bridgehead atoms. The van der Waals surface area contributed by atoms with Gasteiger partial charge < -0.3 is 19.9 Å². The van der Waals surface area contributed by atoms with E-state index in [2.05, 4.69) is 25.9 Å². The highest BCUT2D eigenvalue weighted by molar-refractivity contribution is 5.94. The molecule has 1 saturated heterocycles. The standard InChI is InChI=1S/C19H21FN6O3/c1-11-13(17(25-29-11)14-5-4-12(20)7-21-14)8-22-16-6-15(26(3)24-16)18(27)23-19(2)9-28-10-19/h4-7H,8-10H2,1-3H3,(H,22,24)(H,23,27). The third kappa shape index (κ3) is 3.83. The van der Waals surface area contributed by atoms with Gasteiger partial charge in [-0.25, -0.2) is 4.39 Å². The van der Waals surface area contributed by atoms with Gasteiger partial charge in [0, 0.05) is 25.2 Å². The summed E-state index contributed by atoms with van der Waals surface area (Å²) in [6.07, 6.45) is 1.13. The second-order valence-electron chi connectivity index (χ2n) is 7.33. The molecular weight excluding hydrogens is 379 g/mol. The fourth-order valence-corrected chi connectivity index (χ4v) is 3.08. The van der Waals surface area contributed by atoms with Gasteiger partial charge in [-0.15, -0.1) is 0 Å². The summed E-state index contributed by atoms with van der Waals surface area (Å²) in [4.78, 5) is 16.6. The van der Waals surface area contributed by atoms with Gasteiger partial charge in [-0.2, -0.15) is 5.10 Å². The molecule has 0 saturated carbocycles. The molecule has 0 atom stereocenters. The molecular formula is C19H21FN6O3. The van der Waals surface area contributed by atoms with Gasteiger partial charge in [0.1, 0.15) is 28.8 Å². The van der Waals surface area contributed by atoms with E-state index in [9.17, 15) is 9.18 Å². The van der Waals surface area contributed by atoms with Crippen LogP contribution in [0.4, 0.5) is 10.2 Å². The number of hydrogen-bond donors (Lipinski definition) is 2. The monoisotopic (exact) mass is 400 g/mol. The number of nitrogens with one attached hydrogen (secondary N) is 2. The zero-order chi connectivity index (χ0) is 20.6. The Balaban J connectivity index is 1.48. The third-order valence-corrected chi connectivity index (χ3v) is 4.77. The van der Waals surface area contributed by atoms with Crippen molar-refractivity contribution in [2.45, 2.75) is 25.9 Å². The Labute approximate surface area is 166 Å². The lowest BCUT2D eigenvalue weighted by atomic mass is 10.0. The molecule has 3 aromatic rings. The van der Waals surface area contributed by atoms with Crippen LogP contribution in [0.15, 0.2) is 28.9 Å². The Kier molecular flexibility index (Phi) is 4.79. The molecule has 10 heteroatoms. The number of nitrogens with zero attached hydrogens (tertiary/aromatic N) is 4. The Morgan fingerprint density at radius 2 is 2.17 bits per heavy atom. The lowest BCUT2D eigenvalue weighted by Crippen LogP contribution is -2.60. The van der Waals surface area contributed by atoms with Gasteiger partial charge in [0.15, 0.2) is 0 Å². The van der Waals surface area contributed by atoms with Crippen LogP contribution in [0.1, 0.15) is 28.7 Å². The van der Waals surface area contributed by atoms with Gasteiger partial charge in [-0.1, -0.05) is 5.16 Å². The summed E-state index contributed by atoms with van der Waals surface area (Å²) in [6.45, 7) is 5.07. The van der Waals surface area contributed by atoms with Gasteiger partial charge in [0.25, 0.3) is 5.91 Å². The van der Waals surface area contributed by atoms with Crippen LogP contribution >= 0.6 is 0 Å². The van der Waals surface area contributed by atoms with Crippen LogP contribution in [0, 0.1) is 12.7 Å². The smallest absolute Gasteiger partial charge is 0.270 e. The minimum Gasteiger partial charge on any atom is -0.376 e. The molecule has 3 aromatic heterocycles. The minimum atomic E-state index is -0.421. The highest BCUT2D eigenvalue weighted by Gasteiger charge is 2.35. The molecule has 2 N–H and O–H groups in total. The van der Waals surface area contributed by atoms with Crippen molar-refractivity contribution in [2.75, 3.05) is 18.5 Å². The normalized spacial score (nSPS) is 15.0. The number of aromatic nitrogens is 4. The maximum atomic E-state index is 13.1. The fourth-order valence-electron chi connectivity index (χ4n) is 3.08. The van der Waals surface area contributed by atoms with Crippen molar-refractivity contribution in [2.24, 2.45) is 7.05 Å². The number of carbonyl (C=O) groups is 1. The van der Waals surface area contributed by atoms with Crippen molar-refractivity contribution in [3.05, 3.63) is 47.2 Å². The van der Waals surface area contributed by atoms with Crippen LogP contribution in [0.5, 0.6) is 0 Å². The van der Waals surface area contributed by atoms with Crippen molar-refractivity contribution in [1.29, 1.82) is 0 Å². The number of hydrogen-bond acceptors (Lipinski definition) is 7. The zero-order valence-corrected chi connectivity index (χ0v) is 16.3. The van der Waals surface area contributed by atoms with Crippen LogP contribution in [0.3, 0.4) is 0 Å². The van der Waals surface area contributed by atoms with Gasteiger partial charge in [0.05, 0.1) is 30.6 Å². The van der Waals surface area contributed by atoms with Gasteiger partial charge in [0.2, 0.25) is 0 Å². The quantitative estimate of drug-likeness (QED) is 0.652. The lowest BCUT2D eigenvalue weighted by molar-refractivity contribution is -0.0594. The largest absolute Gasteiger partial charge is 0.376 e. The first-order valence-electron chi connectivity index (χ1n) is 9.10. The summed E-state index contributed by atoms with van der Waals surface area (Å²) in [6, 6.07) is 4.54. The summed E-state index contributed by atoms with van der Waals surface area (Å²) < 4.78 is 25.1. The van der Waals surface area contributed by atoms with E-state index in [1.54, 1.807) is 26.1 Å². The van der Waals surface area contributed by atoms with Crippen LogP contribution in [0.25, 0.3) is 11.4 Å². The van der Waals surface area contributed by atoms with E-state index >= 15 is 0 Å². The van der Waals surface area contributed by atoms with Crippen molar-refractivity contribution < 1.29 is 18.4 Å². The number of ether oxygens (including phenoxy) is 1. The van der Waals surface area contributed by atoms with E-state index in [4.69, 9.17) is 9.26 Å². The van der Waals surface area contributed by atoms with E-state index in [-0.39, 0.29) is 11.4 Å². The highest BCUT2D eigenvalue weighted by atomic mass is 19.1. The maximum Gasteiger partial charge on any atom is 0.270 e. The number of anilines is 1. The number of carbonyl (C=O) groups excluding carboxylic acids is 1. The molecule has 1 aliphatic heterocycles. The average Bonchev–Trinajstić information content (AvgIpc) is 3.22. The molecule has 1 fully saturated rings. The Bertz CT molecular complexity index is 1040. The number of aryl methyl sites for hydroxylation is 2. The summed E-state index contributed by atoms with van der Waals surface area (Å²) in [5.74, 6) is 0.517. The second kappa shape index (κ2) is 7.28. The van der Waals surface area contributed by atoms with Crippen molar-refractivity contribution in [1.82, 2.24) is 25.2 Å². The van der Waals surface area contributed by atoms with Crippen molar-refractivity contribution in [3.8, 4) is 11.4 Å². The maximum absolute atomic E-state index is 13.1. The SMILES string of the molecule is Cc1onc(-c2ccc(F)cn2)c1CNc1cc(C(=O)NC2(C)COC2)n(C)n1. The van der Waals surface area contributed by atoms with Crippen LogP contribution in [0.2, 0.25) is 0 Å². The summed E-state index contributed by atoms with van der Waals surface area (Å²) in [7, 11) is 1.71. The molecule has 152 valence electrons. The molecule has 0 unspecified atom stereocenters. The predicted molar refractivity (Wildman–Crippen MR) is 102 cm³/mol. The Morgan fingerprint density at radius 1 is 1.38 bits per heavy atom. The van der Waals surface area contributed by atoms with Crippen molar-refractivity contribution in [3.63, 3.8) is 0 Å². The first kappa shape index (κ1) is 19.1. The topological polar surface area (TPSA) is 107 Å². The van der Waals surface area contributed by atoms with Crippen LogP contribution in [-0.2, 0) is 18.3 Å². The Morgan fingerprint density at radius 3 is 2.83 bits per heavy atom. The summed E-state index contributed by atoms with van der Waals surface area (Å²) in [5, 5.41) is 14.5. The molecule has 4 rings (SSSR count). The molecule has 1 aliphatic rings. The third-order valence-electron chi connectivity index (χ3n) is 4.77. The average molecular weight is 400 g/mol. The van der Waals surface area contributed by atoms with E-state index in [0.717, 1.165) is 11.8 Å². The minimum absolute atomic E-state index is 0.212. The van der Waals surface area contributed by atoms with E-state index in [1.165, 1.54) is 10.7 Å². The molecule has 0 spiro atoms. The number of rotatable bonds is 6. The molecule has 9 nitrogen and oxygen atoms in total. The van der Waals surface area contributed by atoms with Crippen LogP contribution in [-0.4, -0.2) is 44.6 Å². The number of amides is 1.